The SMILES string of the molecule is N#Cc1ccc2c(c1)c1ccccc1n2-c1cccc(-c2ccc(-n3c4ccccc4c4ccc(-n5c6ccccc6c6ccccc65)cc43)c(C#N)c2)c1. The van der Waals surface area contributed by atoms with E-state index in [2.05, 4.69) is 165 Å². The first-order chi connectivity index (χ1) is 27.2. The molecule has 254 valence electrons. The summed E-state index contributed by atoms with van der Waals surface area (Å²) in [6.07, 6.45) is 0. The Kier molecular flexibility index (Phi) is 6.61. The van der Waals surface area contributed by atoms with Crippen LogP contribution in [-0.2, 0) is 0 Å². The van der Waals surface area contributed by atoms with Crippen molar-refractivity contribution in [3.8, 4) is 40.3 Å². The van der Waals surface area contributed by atoms with Crippen LogP contribution in [0.1, 0.15) is 11.1 Å². The molecule has 55 heavy (non-hydrogen) atoms. The van der Waals surface area contributed by atoms with E-state index in [1.54, 1.807) is 0 Å². The Labute approximate surface area is 316 Å². The van der Waals surface area contributed by atoms with Gasteiger partial charge in [0.1, 0.15) is 6.07 Å². The highest BCUT2D eigenvalue weighted by molar-refractivity contribution is 6.12. The second-order valence-electron chi connectivity index (χ2n) is 14.0. The predicted octanol–water partition coefficient (Wildman–Crippen LogP) is 12.4. The van der Waals surface area contributed by atoms with E-state index in [4.69, 9.17) is 0 Å². The van der Waals surface area contributed by atoms with Gasteiger partial charge in [0.15, 0.2) is 0 Å². The zero-order chi connectivity index (χ0) is 36.6. The van der Waals surface area contributed by atoms with Crippen molar-refractivity contribution < 1.29 is 0 Å². The summed E-state index contributed by atoms with van der Waals surface area (Å²) in [7, 11) is 0. The van der Waals surface area contributed by atoms with Crippen LogP contribution in [0.5, 0.6) is 0 Å². The van der Waals surface area contributed by atoms with Gasteiger partial charge in [0.25, 0.3) is 0 Å². The fraction of sp³-hybridized carbons (Fsp3) is 0. The van der Waals surface area contributed by atoms with E-state index in [0.717, 1.165) is 82.8 Å². The number of benzene rings is 8. The number of hydrogen-bond donors (Lipinski definition) is 0. The molecule has 0 fully saturated rings. The maximum atomic E-state index is 10.8. The molecule has 0 radical (unpaired) electrons. The lowest BCUT2D eigenvalue weighted by molar-refractivity contribution is 1.15. The molecule has 11 aromatic rings. The largest absolute Gasteiger partial charge is 0.309 e. The first-order valence-electron chi connectivity index (χ1n) is 18.3. The first kappa shape index (κ1) is 30.7. The van der Waals surface area contributed by atoms with Crippen LogP contribution < -0.4 is 0 Å². The smallest absolute Gasteiger partial charge is 0.101 e. The molecule has 0 N–H and O–H groups in total. The summed E-state index contributed by atoms with van der Waals surface area (Å²) < 4.78 is 6.84. The molecule has 5 nitrogen and oxygen atoms in total. The van der Waals surface area contributed by atoms with E-state index in [-0.39, 0.29) is 0 Å². The maximum absolute atomic E-state index is 10.8. The lowest BCUT2D eigenvalue weighted by Crippen LogP contribution is -2.00. The van der Waals surface area contributed by atoms with Gasteiger partial charge >= 0.3 is 0 Å². The topological polar surface area (TPSA) is 62.4 Å². The minimum Gasteiger partial charge on any atom is -0.309 e. The molecule has 0 aliphatic rings. The number of nitriles is 2. The Morgan fingerprint density at radius 3 is 1.47 bits per heavy atom. The van der Waals surface area contributed by atoms with Crippen LogP contribution in [0.3, 0.4) is 0 Å². The van der Waals surface area contributed by atoms with Gasteiger partial charge in [-0.25, -0.2) is 0 Å². The molecular formula is C50H29N5. The minimum absolute atomic E-state index is 0.591. The summed E-state index contributed by atoms with van der Waals surface area (Å²) in [6, 6.07) is 66.0. The van der Waals surface area contributed by atoms with Crippen molar-refractivity contribution in [1.29, 1.82) is 10.5 Å². The highest BCUT2D eigenvalue weighted by Gasteiger charge is 2.19. The van der Waals surface area contributed by atoms with Crippen molar-refractivity contribution in [2.45, 2.75) is 0 Å². The molecule has 0 aliphatic carbocycles. The van der Waals surface area contributed by atoms with Crippen LogP contribution in [0.25, 0.3) is 93.6 Å². The second kappa shape index (κ2) is 11.8. The molecule has 3 heterocycles. The van der Waals surface area contributed by atoms with Crippen LogP contribution in [0.4, 0.5) is 0 Å². The highest BCUT2D eigenvalue weighted by atomic mass is 15.0. The normalized spacial score (nSPS) is 11.6. The summed E-state index contributed by atoms with van der Waals surface area (Å²) in [5.41, 5.74) is 12.6. The average Bonchev–Trinajstić information content (AvgIpc) is 3.88. The molecule has 3 aromatic heterocycles. The summed E-state index contributed by atoms with van der Waals surface area (Å²) in [4.78, 5) is 0. The van der Waals surface area contributed by atoms with Gasteiger partial charge in [-0.1, -0.05) is 97.1 Å². The number of para-hydroxylation sites is 4. The third kappa shape index (κ3) is 4.51. The number of aromatic nitrogens is 3. The molecule has 0 amide bonds. The minimum atomic E-state index is 0.591. The van der Waals surface area contributed by atoms with Gasteiger partial charge in [0.2, 0.25) is 0 Å². The van der Waals surface area contributed by atoms with Gasteiger partial charge in [-0.2, -0.15) is 10.5 Å². The van der Waals surface area contributed by atoms with Gasteiger partial charge in [0, 0.05) is 43.7 Å². The zero-order valence-corrected chi connectivity index (χ0v) is 29.5. The quantitative estimate of drug-likeness (QED) is 0.184. The molecule has 0 aliphatic heterocycles. The number of hydrogen-bond acceptors (Lipinski definition) is 2. The van der Waals surface area contributed by atoms with Crippen molar-refractivity contribution in [3.63, 3.8) is 0 Å². The van der Waals surface area contributed by atoms with Crippen LogP contribution in [0.2, 0.25) is 0 Å². The standard InChI is InChI=1S/C50H29N5/c51-30-32-20-24-49-43(26-32)41-15-4-7-18-47(41)53(49)36-11-9-10-33(28-36)34-21-25-44(35(27-34)31-52)55-48-19-8-3-14-40(48)42-23-22-37(29-50(42)55)54-45-16-5-1-12-38(45)39-13-2-6-17-46(39)54/h1-29H. The summed E-state index contributed by atoms with van der Waals surface area (Å²) in [5, 5.41) is 27.2. The molecule has 0 atom stereocenters. The van der Waals surface area contributed by atoms with E-state index < -0.39 is 0 Å². The lowest BCUT2D eigenvalue weighted by Gasteiger charge is -2.14. The molecule has 0 saturated carbocycles. The summed E-state index contributed by atoms with van der Waals surface area (Å²) in [6.45, 7) is 0. The van der Waals surface area contributed by atoms with E-state index in [1.165, 1.54) is 10.8 Å². The van der Waals surface area contributed by atoms with E-state index >= 15 is 0 Å². The van der Waals surface area contributed by atoms with E-state index in [0.29, 0.717) is 11.1 Å². The van der Waals surface area contributed by atoms with Gasteiger partial charge in [0.05, 0.1) is 56.0 Å². The monoisotopic (exact) mass is 699 g/mol. The first-order valence-corrected chi connectivity index (χ1v) is 18.3. The van der Waals surface area contributed by atoms with Gasteiger partial charge in [-0.15, -0.1) is 0 Å². The molecule has 8 aromatic carbocycles. The van der Waals surface area contributed by atoms with Crippen molar-refractivity contribution in [2.75, 3.05) is 0 Å². The lowest BCUT2D eigenvalue weighted by atomic mass is 10.0. The number of rotatable bonds is 4. The molecule has 5 heteroatoms. The Bertz CT molecular complexity index is 3420. The molecule has 0 bridgehead atoms. The van der Waals surface area contributed by atoms with Crippen LogP contribution >= 0.6 is 0 Å². The maximum Gasteiger partial charge on any atom is 0.101 e. The van der Waals surface area contributed by atoms with E-state index in [1.807, 2.05) is 36.4 Å². The van der Waals surface area contributed by atoms with Crippen LogP contribution in [0.15, 0.2) is 176 Å². The Hall–Kier alpha value is -7.86. The van der Waals surface area contributed by atoms with Crippen molar-refractivity contribution in [3.05, 3.63) is 187 Å². The predicted molar refractivity (Wildman–Crippen MR) is 224 cm³/mol. The average molecular weight is 700 g/mol. The van der Waals surface area contributed by atoms with Gasteiger partial charge in [-0.3, -0.25) is 0 Å². The third-order valence-electron chi connectivity index (χ3n) is 11.1. The fourth-order valence-corrected chi connectivity index (χ4v) is 8.70. The molecule has 0 spiro atoms. The third-order valence-corrected chi connectivity index (χ3v) is 11.1. The van der Waals surface area contributed by atoms with Crippen molar-refractivity contribution >= 4 is 65.4 Å². The fourth-order valence-electron chi connectivity index (χ4n) is 8.70. The zero-order valence-electron chi connectivity index (χ0n) is 29.5. The van der Waals surface area contributed by atoms with Gasteiger partial charge in [-0.05, 0) is 90.0 Å². The molecule has 0 unspecified atom stereocenters. The molecule has 0 saturated heterocycles. The van der Waals surface area contributed by atoms with Gasteiger partial charge < -0.3 is 13.7 Å². The molecule has 11 rings (SSSR count). The Morgan fingerprint density at radius 1 is 0.327 bits per heavy atom. The van der Waals surface area contributed by atoms with E-state index in [9.17, 15) is 10.5 Å². The Balaban J connectivity index is 1.08. The molecular weight excluding hydrogens is 671 g/mol. The van der Waals surface area contributed by atoms with Crippen LogP contribution in [0, 0.1) is 22.7 Å². The van der Waals surface area contributed by atoms with Crippen molar-refractivity contribution in [1.82, 2.24) is 13.7 Å². The Morgan fingerprint density at radius 2 is 0.855 bits per heavy atom. The van der Waals surface area contributed by atoms with Crippen LogP contribution in [-0.4, -0.2) is 13.7 Å². The second-order valence-corrected chi connectivity index (χ2v) is 14.0. The number of fused-ring (bicyclic) bond motifs is 9. The summed E-state index contributed by atoms with van der Waals surface area (Å²) in [5.74, 6) is 0. The highest BCUT2D eigenvalue weighted by Crippen LogP contribution is 2.39. The number of nitrogens with zero attached hydrogens (tertiary/aromatic N) is 5. The van der Waals surface area contributed by atoms with Crippen molar-refractivity contribution in [2.24, 2.45) is 0 Å². The summed E-state index contributed by atoms with van der Waals surface area (Å²) >= 11 is 0.